The Hall–Kier alpha value is -2.54. The lowest BCUT2D eigenvalue weighted by Crippen LogP contribution is -2.42. The van der Waals surface area contributed by atoms with Crippen LogP contribution >= 0.6 is 11.8 Å². The Bertz CT molecular complexity index is 849. The highest BCUT2D eigenvalue weighted by molar-refractivity contribution is 8.01. The fourth-order valence-electron chi connectivity index (χ4n) is 3.20. The molecule has 25 heavy (non-hydrogen) atoms. The van der Waals surface area contributed by atoms with Gasteiger partial charge in [0, 0.05) is 50.0 Å². The summed E-state index contributed by atoms with van der Waals surface area (Å²) in [4.78, 5) is 25.9. The van der Waals surface area contributed by atoms with Crippen LogP contribution in [0.15, 0.2) is 46.5 Å². The molecular weight excluding hydrogens is 334 g/mol. The molecule has 0 bridgehead atoms. The van der Waals surface area contributed by atoms with Crippen LogP contribution in [0.2, 0.25) is 0 Å². The fraction of sp³-hybridized carbons (Fsp3) is 0.278. The first kappa shape index (κ1) is 16.0. The molecule has 0 saturated carbocycles. The number of benzene rings is 1. The topological polar surface area (TPSA) is 60.8 Å². The van der Waals surface area contributed by atoms with Crippen molar-refractivity contribution in [2.75, 3.05) is 36.3 Å². The summed E-state index contributed by atoms with van der Waals surface area (Å²) in [6.07, 6.45) is 3.45. The molecule has 2 aromatic rings. The van der Waals surface area contributed by atoms with E-state index in [1.807, 2.05) is 56.4 Å². The van der Waals surface area contributed by atoms with E-state index in [1.165, 1.54) is 11.8 Å². The maximum atomic E-state index is 13.1. The lowest BCUT2D eigenvalue weighted by Gasteiger charge is -2.29. The Balaban J connectivity index is 1.69. The number of nitrogens with zero attached hydrogens (tertiary/aromatic N) is 4. The predicted octanol–water partition coefficient (Wildman–Crippen LogP) is 2.78. The Morgan fingerprint density at radius 2 is 1.96 bits per heavy atom. The second kappa shape index (κ2) is 6.07. The summed E-state index contributed by atoms with van der Waals surface area (Å²) >= 11 is 1.51. The molecule has 7 heteroatoms. The zero-order chi connectivity index (χ0) is 17.6. The van der Waals surface area contributed by atoms with Gasteiger partial charge < -0.3 is 10.2 Å². The summed E-state index contributed by atoms with van der Waals surface area (Å²) in [5, 5.41) is 3.72. The van der Waals surface area contributed by atoms with Gasteiger partial charge in [-0.1, -0.05) is 11.8 Å². The number of amides is 1. The van der Waals surface area contributed by atoms with Crippen LogP contribution in [0.1, 0.15) is 11.6 Å². The van der Waals surface area contributed by atoms with E-state index in [9.17, 15) is 4.79 Å². The van der Waals surface area contributed by atoms with Gasteiger partial charge in [0.25, 0.3) is 0 Å². The highest BCUT2D eigenvalue weighted by Gasteiger charge is 2.45. The molecule has 0 fully saturated rings. The van der Waals surface area contributed by atoms with Gasteiger partial charge in [-0.05, 0) is 30.3 Å². The Kier molecular flexibility index (Phi) is 3.88. The van der Waals surface area contributed by atoms with Crippen LogP contribution in [0, 0.1) is 0 Å². The van der Waals surface area contributed by atoms with Crippen molar-refractivity contribution in [2.45, 2.75) is 16.3 Å². The number of hydrogen-bond acceptors (Lipinski definition) is 6. The van der Waals surface area contributed by atoms with Crippen LogP contribution in [0.4, 0.5) is 17.1 Å². The molecule has 3 heterocycles. The van der Waals surface area contributed by atoms with Crippen LogP contribution < -0.4 is 15.1 Å². The summed E-state index contributed by atoms with van der Waals surface area (Å²) < 4.78 is 0. The van der Waals surface area contributed by atoms with Gasteiger partial charge in [0.2, 0.25) is 5.91 Å². The Labute approximate surface area is 151 Å². The Morgan fingerprint density at radius 3 is 2.64 bits per heavy atom. The first-order valence-electron chi connectivity index (χ1n) is 8.07. The van der Waals surface area contributed by atoms with Gasteiger partial charge in [-0.15, -0.1) is 0 Å². The average molecular weight is 353 g/mol. The number of thioether (sulfide) groups is 1. The van der Waals surface area contributed by atoms with E-state index in [0.29, 0.717) is 0 Å². The van der Waals surface area contributed by atoms with Crippen molar-refractivity contribution in [1.29, 1.82) is 0 Å². The number of nitrogens with one attached hydrogen (secondary N) is 1. The third kappa shape index (κ3) is 2.55. The summed E-state index contributed by atoms with van der Waals surface area (Å²) in [7, 11) is 5.87. The molecule has 4 rings (SSSR count). The third-order valence-electron chi connectivity index (χ3n) is 4.49. The molecule has 2 atom stereocenters. The quantitative estimate of drug-likeness (QED) is 0.919. The third-order valence-corrected chi connectivity index (χ3v) is 5.75. The minimum Gasteiger partial charge on any atom is -0.388 e. The zero-order valence-electron chi connectivity index (χ0n) is 14.3. The van der Waals surface area contributed by atoms with Crippen LogP contribution in [0.5, 0.6) is 0 Å². The summed E-state index contributed by atoms with van der Waals surface area (Å²) in [5.41, 5.74) is 3.95. The van der Waals surface area contributed by atoms with E-state index < -0.39 is 0 Å². The molecule has 6 nitrogen and oxygen atoms in total. The van der Waals surface area contributed by atoms with Crippen molar-refractivity contribution < 1.29 is 4.79 Å². The molecule has 2 aliphatic heterocycles. The number of carbonyl (C=O) groups is 1. The van der Waals surface area contributed by atoms with Crippen LogP contribution in [0.25, 0.3) is 0 Å². The van der Waals surface area contributed by atoms with E-state index in [0.717, 1.165) is 27.7 Å². The summed E-state index contributed by atoms with van der Waals surface area (Å²) in [6.45, 7) is 0. The number of pyridine rings is 1. The second-order valence-electron chi connectivity index (χ2n) is 6.20. The van der Waals surface area contributed by atoms with Crippen molar-refractivity contribution in [1.82, 2.24) is 4.98 Å². The van der Waals surface area contributed by atoms with Gasteiger partial charge in [0.05, 0.1) is 6.34 Å². The van der Waals surface area contributed by atoms with E-state index in [2.05, 4.69) is 10.3 Å². The monoisotopic (exact) mass is 353 g/mol. The van der Waals surface area contributed by atoms with Gasteiger partial charge in [0.1, 0.15) is 16.3 Å². The van der Waals surface area contributed by atoms with Gasteiger partial charge in [-0.25, -0.2) is 4.98 Å². The number of hydrogen-bond donors (Lipinski definition) is 1. The molecule has 0 aliphatic carbocycles. The van der Waals surface area contributed by atoms with Gasteiger partial charge >= 0.3 is 0 Å². The zero-order valence-corrected chi connectivity index (χ0v) is 15.1. The van der Waals surface area contributed by atoms with E-state index >= 15 is 0 Å². The SMILES string of the molecule is CNc1ccc(N2C=NC3c4c(N(C)C)ccnc4SC3C2=O)cc1. The molecule has 1 aromatic carbocycles. The molecule has 0 radical (unpaired) electrons. The first-order valence-corrected chi connectivity index (χ1v) is 8.95. The van der Waals surface area contributed by atoms with Crippen LogP contribution in [-0.2, 0) is 4.79 Å². The number of carbonyl (C=O) groups excluding carboxylic acids is 1. The minimum absolute atomic E-state index is 0.0462. The summed E-state index contributed by atoms with van der Waals surface area (Å²) in [6, 6.07) is 9.55. The minimum atomic E-state index is -0.266. The van der Waals surface area contributed by atoms with Gasteiger partial charge in [-0.2, -0.15) is 0 Å². The van der Waals surface area contributed by atoms with Crippen LogP contribution in [0.3, 0.4) is 0 Å². The Morgan fingerprint density at radius 1 is 1.20 bits per heavy atom. The van der Waals surface area contributed by atoms with E-state index in [1.54, 1.807) is 17.4 Å². The standard InChI is InChI=1S/C18H19N5OS/c1-19-11-4-6-12(7-5-11)23-10-21-15-14-13(22(2)3)8-9-20-17(14)25-16(15)18(23)24/h4-10,15-16,19H,1-3H3. The van der Waals surface area contributed by atoms with Crippen molar-refractivity contribution in [3.8, 4) is 0 Å². The van der Waals surface area contributed by atoms with Crippen molar-refractivity contribution in [3.05, 3.63) is 42.1 Å². The molecule has 1 aromatic heterocycles. The number of fused-ring (bicyclic) bond motifs is 3. The normalized spacial score (nSPS) is 21.1. The van der Waals surface area contributed by atoms with Crippen LogP contribution in [-0.4, -0.2) is 43.6 Å². The predicted molar refractivity (Wildman–Crippen MR) is 103 cm³/mol. The summed E-state index contributed by atoms with van der Waals surface area (Å²) in [5.74, 6) is 0.0462. The molecule has 2 unspecified atom stereocenters. The maximum Gasteiger partial charge on any atom is 0.248 e. The highest BCUT2D eigenvalue weighted by Crippen LogP contribution is 2.50. The molecular formula is C18H19N5OS. The highest BCUT2D eigenvalue weighted by atomic mass is 32.2. The number of aliphatic imine (C=N–C) groups is 1. The fourth-order valence-corrected chi connectivity index (χ4v) is 4.46. The van der Waals surface area contributed by atoms with Gasteiger partial charge in [-0.3, -0.25) is 14.7 Å². The smallest absolute Gasteiger partial charge is 0.248 e. The number of aromatic nitrogens is 1. The van der Waals surface area contributed by atoms with Crippen molar-refractivity contribution >= 4 is 41.1 Å². The van der Waals surface area contributed by atoms with E-state index in [-0.39, 0.29) is 17.2 Å². The average Bonchev–Trinajstić information content (AvgIpc) is 3.02. The first-order chi connectivity index (χ1) is 12.1. The largest absolute Gasteiger partial charge is 0.388 e. The lowest BCUT2D eigenvalue weighted by molar-refractivity contribution is -0.117. The van der Waals surface area contributed by atoms with Gasteiger partial charge in [0.15, 0.2) is 0 Å². The van der Waals surface area contributed by atoms with E-state index in [4.69, 9.17) is 4.99 Å². The maximum absolute atomic E-state index is 13.1. The van der Waals surface area contributed by atoms with Crippen molar-refractivity contribution in [3.63, 3.8) is 0 Å². The number of anilines is 3. The molecule has 1 amide bonds. The molecule has 0 saturated heterocycles. The number of rotatable bonds is 3. The second-order valence-corrected chi connectivity index (χ2v) is 7.33. The molecule has 0 spiro atoms. The van der Waals surface area contributed by atoms with Crippen molar-refractivity contribution in [2.24, 2.45) is 4.99 Å². The molecule has 1 N–H and O–H groups in total. The molecule has 128 valence electrons. The molecule has 2 aliphatic rings. The lowest BCUT2D eigenvalue weighted by atomic mass is 10.0.